The van der Waals surface area contributed by atoms with Crippen molar-refractivity contribution in [2.24, 2.45) is 0 Å². The summed E-state index contributed by atoms with van der Waals surface area (Å²) in [6.07, 6.45) is 8.71. The number of benzene rings is 3. The second kappa shape index (κ2) is 12.7. The first-order chi connectivity index (χ1) is 15.8. The topological polar surface area (TPSA) is 46.5 Å². The van der Waals surface area contributed by atoms with E-state index in [1.54, 1.807) is 6.08 Å². The Bertz CT molecular complexity index is 839. The molecule has 32 heavy (non-hydrogen) atoms. The zero-order valence-electron chi connectivity index (χ0n) is 18.5. The molecule has 3 nitrogen and oxygen atoms in total. The van der Waals surface area contributed by atoms with Crippen LogP contribution < -0.4 is 0 Å². The highest BCUT2D eigenvalue weighted by atomic mass is 16.5. The van der Waals surface area contributed by atoms with E-state index < -0.39 is 5.60 Å². The summed E-state index contributed by atoms with van der Waals surface area (Å²) in [5.74, 6) is 0. The smallest absolute Gasteiger partial charge is 0.144 e. The highest BCUT2D eigenvalue weighted by Gasteiger charge is 2.39. The summed E-state index contributed by atoms with van der Waals surface area (Å²) >= 11 is 0. The highest BCUT2D eigenvalue weighted by Crippen LogP contribution is 2.42. The maximum atomic E-state index is 10.6. The van der Waals surface area contributed by atoms with Crippen molar-refractivity contribution in [2.45, 2.75) is 43.8 Å². The molecular formula is C29H32O3. The van der Waals surface area contributed by atoms with Gasteiger partial charge in [-0.3, -0.25) is 0 Å². The zero-order chi connectivity index (χ0) is 22.5. The normalized spacial score (nSPS) is 12.7. The van der Waals surface area contributed by atoms with Crippen LogP contribution in [0.4, 0.5) is 0 Å². The van der Waals surface area contributed by atoms with Crippen LogP contribution in [0.3, 0.4) is 0 Å². The SMILES string of the molecule is O=CCCCCCC(C=CCO)OC(c1ccccc1)(c1ccccc1)c1ccccc1. The summed E-state index contributed by atoms with van der Waals surface area (Å²) in [7, 11) is 0. The van der Waals surface area contributed by atoms with Crippen molar-refractivity contribution in [3.63, 3.8) is 0 Å². The van der Waals surface area contributed by atoms with Gasteiger partial charge in [0.15, 0.2) is 0 Å². The van der Waals surface area contributed by atoms with Gasteiger partial charge in [-0.05, 0) is 29.5 Å². The lowest BCUT2D eigenvalue weighted by atomic mass is 9.79. The molecule has 0 heterocycles. The Hall–Kier alpha value is -3.01. The Labute approximate surface area is 191 Å². The number of hydrogen-bond donors (Lipinski definition) is 1. The first kappa shape index (κ1) is 23.6. The number of aldehydes is 1. The molecule has 0 spiro atoms. The molecule has 1 unspecified atom stereocenters. The van der Waals surface area contributed by atoms with Gasteiger partial charge in [0.2, 0.25) is 0 Å². The van der Waals surface area contributed by atoms with Crippen LogP contribution in [0.15, 0.2) is 103 Å². The minimum Gasteiger partial charge on any atom is -0.392 e. The largest absolute Gasteiger partial charge is 0.392 e. The Balaban J connectivity index is 2.06. The van der Waals surface area contributed by atoms with Crippen molar-refractivity contribution in [3.8, 4) is 0 Å². The predicted octanol–water partition coefficient (Wildman–Crippen LogP) is 6.06. The van der Waals surface area contributed by atoms with E-state index in [9.17, 15) is 9.90 Å². The van der Waals surface area contributed by atoms with Crippen molar-refractivity contribution < 1.29 is 14.6 Å². The molecule has 0 aromatic heterocycles. The third-order valence-electron chi connectivity index (χ3n) is 5.64. The summed E-state index contributed by atoms with van der Waals surface area (Å²) in [5, 5.41) is 9.42. The fourth-order valence-electron chi connectivity index (χ4n) is 4.11. The molecule has 3 aromatic rings. The first-order valence-electron chi connectivity index (χ1n) is 11.4. The van der Waals surface area contributed by atoms with E-state index in [4.69, 9.17) is 4.74 Å². The first-order valence-corrected chi connectivity index (χ1v) is 11.4. The van der Waals surface area contributed by atoms with Gasteiger partial charge in [-0.25, -0.2) is 0 Å². The second-order valence-electron chi connectivity index (χ2n) is 7.85. The minimum atomic E-state index is -0.795. The molecule has 0 radical (unpaired) electrons. The molecule has 0 aliphatic carbocycles. The van der Waals surface area contributed by atoms with Crippen molar-refractivity contribution in [1.29, 1.82) is 0 Å². The Morgan fingerprint density at radius 2 is 1.25 bits per heavy atom. The Morgan fingerprint density at radius 3 is 1.69 bits per heavy atom. The summed E-state index contributed by atoms with van der Waals surface area (Å²) in [4.78, 5) is 10.6. The summed E-state index contributed by atoms with van der Waals surface area (Å²) in [6, 6.07) is 30.9. The van der Waals surface area contributed by atoms with E-state index in [1.165, 1.54) is 0 Å². The molecule has 1 N–H and O–H groups in total. The average Bonchev–Trinajstić information content (AvgIpc) is 2.87. The van der Waals surface area contributed by atoms with E-state index in [2.05, 4.69) is 36.4 Å². The third-order valence-corrected chi connectivity index (χ3v) is 5.64. The molecule has 1 atom stereocenters. The van der Waals surface area contributed by atoms with E-state index >= 15 is 0 Å². The van der Waals surface area contributed by atoms with Gasteiger partial charge in [-0.2, -0.15) is 0 Å². The van der Waals surface area contributed by atoms with Crippen molar-refractivity contribution in [1.82, 2.24) is 0 Å². The third kappa shape index (κ3) is 6.03. The van der Waals surface area contributed by atoms with Gasteiger partial charge in [0.25, 0.3) is 0 Å². The van der Waals surface area contributed by atoms with Crippen molar-refractivity contribution in [3.05, 3.63) is 120 Å². The molecule has 0 saturated heterocycles. The maximum absolute atomic E-state index is 10.6. The van der Waals surface area contributed by atoms with Crippen LogP contribution in [-0.2, 0) is 15.1 Å². The predicted molar refractivity (Wildman–Crippen MR) is 129 cm³/mol. The van der Waals surface area contributed by atoms with Gasteiger partial charge >= 0.3 is 0 Å². The number of hydrogen-bond acceptors (Lipinski definition) is 3. The van der Waals surface area contributed by atoms with E-state index in [-0.39, 0.29) is 12.7 Å². The molecule has 0 aliphatic rings. The van der Waals surface area contributed by atoms with Crippen LogP contribution in [0, 0.1) is 0 Å². The van der Waals surface area contributed by atoms with Gasteiger partial charge in [0.1, 0.15) is 11.9 Å². The summed E-state index contributed by atoms with van der Waals surface area (Å²) in [5.41, 5.74) is 2.37. The van der Waals surface area contributed by atoms with Gasteiger partial charge in [-0.15, -0.1) is 0 Å². The molecule has 0 bridgehead atoms. The van der Waals surface area contributed by atoms with Gasteiger partial charge in [0.05, 0.1) is 12.7 Å². The number of unbranched alkanes of at least 4 members (excludes halogenated alkanes) is 3. The minimum absolute atomic E-state index is 0.0278. The van der Waals surface area contributed by atoms with Crippen molar-refractivity contribution >= 4 is 6.29 Å². The van der Waals surface area contributed by atoms with Crippen LogP contribution in [0.1, 0.15) is 48.8 Å². The van der Waals surface area contributed by atoms with Crippen molar-refractivity contribution in [2.75, 3.05) is 6.61 Å². The summed E-state index contributed by atoms with van der Waals surface area (Å²) in [6.45, 7) is -0.0278. The van der Waals surface area contributed by atoms with Crippen LogP contribution in [0.25, 0.3) is 0 Å². The van der Waals surface area contributed by atoms with Gasteiger partial charge in [0, 0.05) is 6.42 Å². The molecule has 3 heteroatoms. The van der Waals surface area contributed by atoms with Crippen LogP contribution >= 0.6 is 0 Å². The number of aliphatic hydroxyl groups excluding tert-OH is 1. The monoisotopic (exact) mass is 428 g/mol. The highest BCUT2D eigenvalue weighted by molar-refractivity contribution is 5.49. The Morgan fingerprint density at radius 1 is 0.750 bits per heavy atom. The van der Waals surface area contributed by atoms with Crippen LogP contribution in [0.2, 0.25) is 0 Å². The lowest BCUT2D eigenvalue weighted by Crippen LogP contribution is -2.36. The van der Waals surface area contributed by atoms with Crippen LogP contribution in [0.5, 0.6) is 0 Å². The quantitative estimate of drug-likeness (QED) is 0.156. The Kier molecular flexibility index (Phi) is 9.42. The molecule has 0 fully saturated rings. The molecule has 0 amide bonds. The number of carbonyl (C=O) groups excluding carboxylic acids is 1. The molecule has 3 aromatic carbocycles. The molecule has 3 rings (SSSR count). The lowest BCUT2D eigenvalue weighted by Gasteiger charge is -2.38. The summed E-state index contributed by atoms with van der Waals surface area (Å²) < 4.78 is 7.04. The number of aliphatic hydroxyl groups is 1. The zero-order valence-corrected chi connectivity index (χ0v) is 18.5. The standard InChI is InChI=1S/C29H32O3/c30-23-13-2-1-12-21-28(22-14-24-31)32-29(25-15-6-3-7-16-25,26-17-8-4-9-18-26)27-19-10-5-11-20-27/h3-11,14-20,22-23,28,31H,1-2,12-13,21,24H2. The average molecular weight is 429 g/mol. The van der Waals surface area contributed by atoms with Gasteiger partial charge in [-0.1, -0.05) is 116 Å². The maximum Gasteiger partial charge on any atom is 0.144 e. The number of ether oxygens (including phenoxy) is 1. The fourth-order valence-corrected chi connectivity index (χ4v) is 4.11. The fraction of sp³-hybridized carbons (Fsp3) is 0.276. The van der Waals surface area contributed by atoms with Gasteiger partial charge < -0.3 is 14.6 Å². The molecular weight excluding hydrogens is 396 g/mol. The lowest BCUT2D eigenvalue weighted by molar-refractivity contribution is -0.107. The number of rotatable bonds is 13. The van der Waals surface area contributed by atoms with E-state index in [0.717, 1.165) is 48.7 Å². The van der Waals surface area contributed by atoms with E-state index in [0.29, 0.717) is 6.42 Å². The van der Waals surface area contributed by atoms with E-state index in [1.807, 2.05) is 60.7 Å². The molecule has 0 saturated carbocycles. The number of carbonyl (C=O) groups is 1. The molecule has 0 aliphatic heterocycles. The van der Waals surface area contributed by atoms with Crippen LogP contribution in [-0.4, -0.2) is 24.1 Å². The molecule has 166 valence electrons. The second-order valence-corrected chi connectivity index (χ2v) is 7.85.